The van der Waals surface area contributed by atoms with Crippen LogP contribution in [0.2, 0.25) is 0 Å². The zero-order chi connectivity index (χ0) is 42.3. The molecule has 0 aliphatic heterocycles. The molecular weight excluding hydrogens is 720 g/mol. The molecule has 2 aromatic carbocycles. The highest BCUT2D eigenvalue weighted by atomic mass is 16.6. The number of methoxy groups -OCH3 is 2. The maximum absolute atomic E-state index is 12.2. The first-order valence-corrected chi connectivity index (χ1v) is 18.4. The minimum Gasteiger partial charge on any atom is -0.469 e. The SMILES string of the molecule is COC(=O)CC[C@H](/C=C/C(=O)N[C@H](C)c1ccccc1)NC(=O)OC(C)(C)C.COC(=O)CC[C@H](/C=C/C(=O)N[C@H](C)c1ccccc1)NC(=O)OC(C)(C)C. The molecule has 0 saturated carbocycles. The number of alkyl carbamates (subject to hydrolysis) is 2. The van der Waals surface area contributed by atoms with Gasteiger partial charge in [-0.2, -0.15) is 0 Å². The Balaban J connectivity index is 0.000000560. The number of esters is 2. The summed E-state index contributed by atoms with van der Waals surface area (Å²) in [6, 6.07) is 17.7. The van der Waals surface area contributed by atoms with E-state index in [2.05, 4.69) is 30.7 Å². The number of amides is 4. The number of hydrogen-bond donors (Lipinski definition) is 4. The van der Waals surface area contributed by atoms with E-state index in [0.717, 1.165) is 11.1 Å². The molecular formula is C42H60N4O10. The van der Waals surface area contributed by atoms with Gasteiger partial charge in [-0.05, 0) is 79.4 Å². The molecule has 4 atom stereocenters. The van der Waals surface area contributed by atoms with E-state index in [0.29, 0.717) is 0 Å². The van der Waals surface area contributed by atoms with Gasteiger partial charge in [0.2, 0.25) is 11.8 Å². The van der Waals surface area contributed by atoms with E-state index in [-0.39, 0.29) is 49.6 Å². The summed E-state index contributed by atoms with van der Waals surface area (Å²) < 4.78 is 19.7. The monoisotopic (exact) mass is 780 g/mol. The number of carbonyl (C=O) groups is 6. The number of ether oxygens (including phenoxy) is 4. The van der Waals surface area contributed by atoms with Gasteiger partial charge >= 0.3 is 24.1 Å². The Kier molecular flexibility index (Phi) is 21.3. The maximum atomic E-state index is 12.2. The average molecular weight is 781 g/mol. The van der Waals surface area contributed by atoms with Gasteiger partial charge in [-0.15, -0.1) is 0 Å². The fourth-order valence-corrected chi connectivity index (χ4v) is 4.68. The lowest BCUT2D eigenvalue weighted by Gasteiger charge is -2.22. The van der Waals surface area contributed by atoms with Gasteiger partial charge in [0.25, 0.3) is 0 Å². The zero-order valence-electron chi connectivity index (χ0n) is 34.3. The summed E-state index contributed by atoms with van der Waals surface area (Å²) in [4.78, 5) is 71.2. The molecule has 4 N–H and O–H groups in total. The Hall–Kier alpha value is -5.66. The van der Waals surface area contributed by atoms with Crippen LogP contribution in [0.1, 0.15) is 104 Å². The molecule has 0 aliphatic rings. The summed E-state index contributed by atoms with van der Waals surface area (Å²) in [5.74, 6) is -1.39. The number of benzene rings is 2. The summed E-state index contributed by atoms with van der Waals surface area (Å²) in [5, 5.41) is 11.0. The molecule has 2 rings (SSSR count). The van der Waals surface area contributed by atoms with E-state index in [1.54, 1.807) is 53.7 Å². The van der Waals surface area contributed by atoms with Gasteiger partial charge in [-0.1, -0.05) is 72.8 Å². The second kappa shape index (κ2) is 24.7. The second-order valence-corrected chi connectivity index (χ2v) is 14.7. The Bertz CT molecular complexity index is 1480. The van der Waals surface area contributed by atoms with Crippen molar-refractivity contribution in [2.75, 3.05) is 14.2 Å². The highest BCUT2D eigenvalue weighted by Gasteiger charge is 2.21. The molecule has 0 radical (unpaired) electrons. The van der Waals surface area contributed by atoms with Crippen LogP contribution in [-0.2, 0) is 38.1 Å². The van der Waals surface area contributed by atoms with Crippen molar-refractivity contribution in [2.24, 2.45) is 0 Å². The van der Waals surface area contributed by atoms with Crippen molar-refractivity contribution in [3.8, 4) is 0 Å². The fourth-order valence-electron chi connectivity index (χ4n) is 4.68. The highest BCUT2D eigenvalue weighted by molar-refractivity contribution is 5.88. The van der Waals surface area contributed by atoms with Crippen LogP contribution in [0.15, 0.2) is 85.0 Å². The van der Waals surface area contributed by atoms with Gasteiger partial charge in [0, 0.05) is 25.0 Å². The van der Waals surface area contributed by atoms with Crippen molar-refractivity contribution in [3.63, 3.8) is 0 Å². The first-order valence-electron chi connectivity index (χ1n) is 18.4. The lowest BCUT2D eigenvalue weighted by atomic mass is 10.1. The van der Waals surface area contributed by atoms with E-state index in [9.17, 15) is 28.8 Å². The van der Waals surface area contributed by atoms with Gasteiger partial charge in [0.15, 0.2) is 0 Å². The average Bonchev–Trinajstić information content (AvgIpc) is 3.12. The van der Waals surface area contributed by atoms with Gasteiger partial charge in [-0.25, -0.2) is 9.59 Å². The third kappa shape index (κ3) is 23.2. The number of hydrogen-bond acceptors (Lipinski definition) is 10. The summed E-state index contributed by atoms with van der Waals surface area (Å²) in [6.07, 6.45) is 5.30. The molecule has 0 unspecified atom stereocenters. The molecule has 0 heterocycles. The van der Waals surface area contributed by atoms with Crippen LogP contribution < -0.4 is 21.3 Å². The van der Waals surface area contributed by atoms with Crippen LogP contribution in [-0.4, -0.2) is 73.4 Å². The molecule has 0 aromatic heterocycles. The first-order chi connectivity index (χ1) is 26.2. The van der Waals surface area contributed by atoms with Crippen molar-refractivity contribution >= 4 is 35.9 Å². The topological polar surface area (TPSA) is 187 Å². The van der Waals surface area contributed by atoms with E-state index in [1.165, 1.54) is 26.4 Å². The van der Waals surface area contributed by atoms with E-state index in [1.807, 2.05) is 74.5 Å². The lowest BCUT2D eigenvalue weighted by molar-refractivity contribution is -0.141. The van der Waals surface area contributed by atoms with Crippen molar-refractivity contribution in [3.05, 3.63) is 96.1 Å². The molecule has 0 bridgehead atoms. The minimum absolute atomic E-state index is 0.101. The lowest BCUT2D eigenvalue weighted by Crippen LogP contribution is -2.38. The van der Waals surface area contributed by atoms with Crippen LogP contribution in [0, 0.1) is 0 Å². The van der Waals surface area contributed by atoms with Crippen molar-refractivity contribution in [1.29, 1.82) is 0 Å². The van der Waals surface area contributed by atoms with Crippen molar-refractivity contribution in [1.82, 2.24) is 21.3 Å². The Labute approximate surface area is 331 Å². The van der Waals surface area contributed by atoms with Crippen molar-refractivity contribution < 1.29 is 47.7 Å². The number of carbonyl (C=O) groups excluding carboxylic acids is 6. The second-order valence-electron chi connectivity index (χ2n) is 14.7. The van der Waals surface area contributed by atoms with Crippen LogP contribution in [0.4, 0.5) is 9.59 Å². The number of rotatable bonds is 16. The Morgan fingerprint density at radius 2 is 0.875 bits per heavy atom. The van der Waals surface area contributed by atoms with Gasteiger partial charge in [0.1, 0.15) is 11.2 Å². The van der Waals surface area contributed by atoms with E-state index >= 15 is 0 Å². The molecule has 56 heavy (non-hydrogen) atoms. The van der Waals surface area contributed by atoms with Gasteiger partial charge in [-0.3, -0.25) is 19.2 Å². The summed E-state index contributed by atoms with van der Waals surface area (Å²) >= 11 is 0. The quantitative estimate of drug-likeness (QED) is 0.0829. The summed E-state index contributed by atoms with van der Waals surface area (Å²) in [7, 11) is 2.60. The maximum Gasteiger partial charge on any atom is 0.408 e. The van der Waals surface area contributed by atoms with Crippen LogP contribution >= 0.6 is 0 Å². The molecule has 0 fully saturated rings. The molecule has 4 amide bonds. The van der Waals surface area contributed by atoms with E-state index in [4.69, 9.17) is 9.47 Å². The first kappa shape index (κ1) is 48.4. The number of nitrogens with one attached hydrogen (secondary N) is 4. The highest BCUT2D eigenvalue weighted by Crippen LogP contribution is 2.13. The molecule has 308 valence electrons. The standard InChI is InChI=1S/2C21H30N2O5/c2*1-15(16-9-7-6-8-10-16)22-18(24)13-11-17(12-14-19(25)27-5)23-20(26)28-21(2,3)4/h2*6-11,13,15,17H,12,14H2,1-5H3,(H,22,24)(H,23,26)/b2*13-11+/t2*15-,17+/m11/s1. The van der Waals surface area contributed by atoms with Crippen LogP contribution in [0.25, 0.3) is 0 Å². The molecule has 14 nitrogen and oxygen atoms in total. The Morgan fingerprint density at radius 1 is 0.554 bits per heavy atom. The molecule has 0 spiro atoms. The fraction of sp³-hybridized carbons (Fsp3) is 0.476. The normalized spacial score (nSPS) is 13.5. The third-order valence-electron chi connectivity index (χ3n) is 7.46. The van der Waals surface area contributed by atoms with Crippen LogP contribution in [0.5, 0.6) is 0 Å². The molecule has 0 saturated heterocycles. The smallest absolute Gasteiger partial charge is 0.408 e. The summed E-state index contributed by atoms with van der Waals surface area (Å²) in [6.45, 7) is 14.3. The summed E-state index contributed by atoms with van der Waals surface area (Å²) in [5.41, 5.74) is 0.670. The van der Waals surface area contributed by atoms with E-state index < -0.39 is 47.4 Å². The van der Waals surface area contributed by atoms with Gasteiger partial charge in [0.05, 0.1) is 38.4 Å². The van der Waals surface area contributed by atoms with Crippen molar-refractivity contribution in [2.45, 2.75) is 116 Å². The molecule has 14 heteroatoms. The molecule has 2 aromatic rings. The Morgan fingerprint density at radius 3 is 1.16 bits per heavy atom. The third-order valence-corrected chi connectivity index (χ3v) is 7.46. The largest absolute Gasteiger partial charge is 0.469 e. The van der Waals surface area contributed by atoms with Crippen LogP contribution in [0.3, 0.4) is 0 Å². The minimum atomic E-state index is -0.650. The zero-order valence-corrected chi connectivity index (χ0v) is 34.3. The predicted octanol–water partition coefficient (Wildman–Crippen LogP) is 6.53. The predicted molar refractivity (Wildman–Crippen MR) is 213 cm³/mol. The molecule has 0 aliphatic carbocycles. The van der Waals surface area contributed by atoms with Gasteiger partial charge < -0.3 is 40.2 Å².